The van der Waals surface area contributed by atoms with E-state index in [4.69, 9.17) is 14.7 Å². The van der Waals surface area contributed by atoms with E-state index in [1.807, 2.05) is 6.07 Å². The highest BCUT2D eigenvalue weighted by Gasteiger charge is 2.20. The molecule has 0 aromatic heterocycles. The van der Waals surface area contributed by atoms with Crippen LogP contribution in [0.1, 0.15) is 31.9 Å². The number of nitrogens with one attached hydrogen (secondary N) is 1. The van der Waals surface area contributed by atoms with E-state index in [0.29, 0.717) is 11.1 Å². The van der Waals surface area contributed by atoms with E-state index < -0.39 is 16.6 Å². The van der Waals surface area contributed by atoms with Gasteiger partial charge in [-0.2, -0.15) is 5.26 Å². The first kappa shape index (κ1) is 19.0. The van der Waals surface area contributed by atoms with Crippen molar-refractivity contribution in [3.05, 3.63) is 39.4 Å². The molecule has 0 aliphatic carbocycles. The number of hydrogen-bond acceptors (Lipinski definition) is 6. The third-order valence-electron chi connectivity index (χ3n) is 2.80. The standard InChI is InChI=1S/C16H19N3O5/c1-16(2,3)24-15(20)18-10-12-8-13(19(21)22)14(23-4)9-11(12)6-5-7-17/h5-6,8-9H,10H2,1-4H3,(H,18,20)/b6-5+. The Morgan fingerprint density at radius 3 is 2.62 bits per heavy atom. The molecule has 8 nitrogen and oxygen atoms in total. The zero-order valence-corrected chi connectivity index (χ0v) is 14.0. The van der Waals surface area contributed by atoms with Crippen LogP contribution in [0, 0.1) is 21.4 Å². The summed E-state index contributed by atoms with van der Waals surface area (Å²) in [5, 5.41) is 22.3. The molecule has 1 amide bonds. The van der Waals surface area contributed by atoms with Gasteiger partial charge in [-0.05, 0) is 44.0 Å². The van der Waals surface area contributed by atoms with Crippen molar-refractivity contribution in [3.8, 4) is 11.8 Å². The van der Waals surface area contributed by atoms with E-state index in [-0.39, 0.29) is 18.0 Å². The molecule has 1 aromatic carbocycles. The molecule has 0 radical (unpaired) electrons. The predicted octanol–water partition coefficient (Wildman–Crippen LogP) is 3.16. The molecule has 0 fully saturated rings. The third kappa shape index (κ3) is 5.61. The Hall–Kier alpha value is -3.08. The average Bonchev–Trinajstić information content (AvgIpc) is 2.48. The number of allylic oxidation sites excluding steroid dienone is 1. The van der Waals surface area contributed by atoms with Crippen LogP contribution in [0.4, 0.5) is 10.5 Å². The highest BCUT2D eigenvalue weighted by molar-refractivity contribution is 5.69. The summed E-state index contributed by atoms with van der Waals surface area (Å²) in [5.41, 5.74) is 0.0991. The summed E-state index contributed by atoms with van der Waals surface area (Å²) in [6.07, 6.45) is 2.08. The molecule has 0 aliphatic heterocycles. The highest BCUT2D eigenvalue weighted by atomic mass is 16.6. The number of benzene rings is 1. The average molecular weight is 333 g/mol. The monoisotopic (exact) mass is 333 g/mol. The molecule has 24 heavy (non-hydrogen) atoms. The third-order valence-corrected chi connectivity index (χ3v) is 2.80. The molecule has 0 bridgehead atoms. The lowest BCUT2D eigenvalue weighted by molar-refractivity contribution is -0.385. The lowest BCUT2D eigenvalue weighted by Crippen LogP contribution is -2.32. The number of ether oxygens (including phenoxy) is 2. The van der Waals surface area contributed by atoms with E-state index in [9.17, 15) is 14.9 Å². The summed E-state index contributed by atoms with van der Waals surface area (Å²) < 4.78 is 10.1. The van der Waals surface area contributed by atoms with Gasteiger partial charge in [-0.15, -0.1) is 0 Å². The number of rotatable bonds is 5. The first-order valence-electron chi connectivity index (χ1n) is 7.06. The summed E-state index contributed by atoms with van der Waals surface area (Å²) in [6.45, 7) is 5.19. The number of carbonyl (C=O) groups excluding carboxylic acids is 1. The van der Waals surface area contributed by atoms with Gasteiger partial charge in [0.05, 0.1) is 18.1 Å². The van der Waals surface area contributed by atoms with Gasteiger partial charge in [-0.25, -0.2) is 4.79 Å². The SMILES string of the molecule is COc1cc(/C=C/C#N)c(CNC(=O)OC(C)(C)C)cc1[N+](=O)[O-]. The molecular formula is C16H19N3O5. The minimum Gasteiger partial charge on any atom is -0.490 e. The van der Waals surface area contributed by atoms with Crippen LogP contribution in [-0.4, -0.2) is 23.7 Å². The second-order valence-electron chi connectivity index (χ2n) is 5.80. The Morgan fingerprint density at radius 2 is 2.12 bits per heavy atom. The fraction of sp³-hybridized carbons (Fsp3) is 0.375. The lowest BCUT2D eigenvalue weighted by Gasteiger charge is -2.20. The van der Waals surface area contributed by atoms with Gasteiger partial charge in [0, 0.05) is 18.7 Å². The number of nitro groups is 1. The van der Waals surface area contributed by atoms with E-state index in [0.717, 1.165) is 0 Å². The van der Waals surface area contributed by atoms with Gasteiger partial charge >= 0.3 is 11.8 Å². The van der Waals surface area contributed by atoms with Crippen molar-refractivity contribution in [2.24, 2.45) is 0 Å². The summed E-state index contributed by atoms with van der Waals surface area (Å²) in [5.74, 6) is 0.0682. The molecule has 1 aromatic rings. The van der Waals surface area contributed by atoms with Gasteiger partial charge in [0.15, 0.2) is 5.75 Å². The van der Waals surface area contributed by atoms with Gasteiger partial charge in [0.2, 0.25) is 0 Å². The van der Waals surface area contributed by atoms with Crippen LogP contribution in [0.3, 0.4) is 0 Å². The van der Waals surface area contributed by atoms with Crippen molar-refractivity contribution < 1.29 is 19.2 Å². The first-order chi connectivity index (χ1) is 11.2. The fourth-order valence-electron chi connectivity index (χ4n) is 1.85. The molecule has 1 rings (SSSR count). The summed E-state index contributed by atoms with van der Waals surface area (Å²) in [4.78, 5) is 22.3. The summed E-state index contributed by atoms with van der Waals surface area (Å²) in [6, 6.07) is 4.59. The Morgan fingerprint density at radius 1 is 1.46 bits per heavy atom. The molecule has 0 spiro atoms. The first-order valence-corrected chi connectivity index (χ1v) is 7.06. The predicted molar refractivity (Wildman–Crippen MR) is 87.4 cm³/mol. The second kappa shape index (κ2) is 7.97. The van der Waals surface area contributed by atoms with Crippen molar-refractivity contribution in [2.45, 2.75) is 32.9 Å². The number of hydrogen-bond donors (Lipinski definition) is 1. The normalized spacial score (nSPS) is 11.0. The topological polar surface area (TPSA) is 114 Å². The molecule has 0 atom stereocenters. The van der Waals surface area contributed by atoms with E-state index in [1.54, 1.807) is 20.8 Å². The number of amides is 1. The molecule has 0 saturated heterocycles. The van der Waals surface area contributed by atoms with Crippen LogP contribution in [0.25, 0.3) is 6.08 Å². The zero-order valence-electron chi connectivity index (χ0n) is 14.0. The largest absolute Gasteiger partial charge is 0.490 e. The molecular weight excluding hydrogens is 314 g/mol. The fourth-order valence-corrected chi connectivity index (χ4v) is 1.85. The Labute approximate surface area is 139 Å². The number of nitro benzene ring substituents is 1. The molecule has 0 aliphatic rings. The van der Waals surface area contributed by atoms with Crippen LogP contribution in [0.15, 0.2) is 18.2 Å². The minimum atomic E-state index is -0.653. The maximum atomic E-state index is 11.7. The molecule has 128 valence electrons. The number of methoxy groups -OCH3 is 1. The Kier molecular flexibility index (Phi) is 6.30. The molecule has 0 unspecified atom stereocenters. The molecule has 0 heterocycles. The second-order valence-corrected chi connectivity index (χ2v) is 5.80. The van der Waals surface area contributed by atoms with Crippen molar-refractivity contribution in [1.29, 1.82) is 5.26 Å². The van der Waals surface area contributed by atoms with E-state index in [1.165, 1.54) is 31.4 Å². The molecule has 0 saturated carbocycles. The van der Waals surface area contributed by atoms with Crippen molar-refractivity contribution in [2.75, 3.05) is 7.11 Å². The quantitative estimate of drug-likeness (QED) is 0.503. The maximum Gasteiger partial charge on any atom is 0.407 e. The van der Waals surface area contributed by atoms with E-state index >= 15 is 0 Å². The van der Waals surface area contributed by atoms with Crippen molar-refractivity contribution >= 4 is 17.9 Å². The number of carbonyl (C=O) groups is 1. The lowest BCUT2D eigenvalue weighted by atomic mass is 10.0. The van der Waals surface area contributed by atoms with Crippen molar-refractivity contribution in [3.63, 3.8) is 0 Å². The Bertz CT molecular complexity index is 699. The van der Waals surface area contributed by atoms with Gasteiger partial charge in [0.25, 0.3) is 0 Å². The highest BCUT2D eigenvalue weighted by Crippen LogP contribution is 2.31. The van der Waals surface area contributed by atoms with Crippen LogP contribution < -0.4 is 10.1 Å². The van der Waals surface area contributed by atoms with Crippen LogP contribution in [0.2, 0.25) is 0 Å². The number of alkyl carbamates (subject to hydrolysis) is 1. The Balaban J connectivity index is 3.12. The van der Waals surface area contributed by atoms with Crippen LogP contribution >= 0.6 is 0 Å². The summed E-state index contributed by atoms with van der Waals surface area (Å²) >= 11 is 0. The minimum absolute atomic E-state index is 0.00481. The number of nitrogens with zero attached hydrogens (tertiary/aromatic N) is 2. The van der Waals surface area contributed by atoms with Gasteiger partial charge in [0.1, 0.15) is 5.60 Å². The number of nitriles is 1. The van der Waals surface area contributed by atoms with Crippen LogP contribution in [0.5, 0.6) is 5.75 Å². The van der Waals surface area contributed by atoms with Crippen molar-refractivity contribution in [1.82, 2.24) is 5.32 Å². The van der Waals surface area contributed by atoms with E-state index in [2.05, 4.69) is 5.32 Å². The summed E-state index contributed by atoms with van der Waals surface area (Å²) in [7, 11) is 1.32. The maximum absolute atomic E-state index is 11.7. The smallest absolute Gasteiger partial charge is 0.407 e. The van der Waals surface area contributed by atoms with Gasteiger partial charge in [-0.3, -0.25) is 10.1 Å². The van der Waals surface area contributed by atoms with Gasteiger partial charge < -0.3 is 14.8 Å². The van der Waals surface area contributed by atoms with Gasteiger partial charge in [-0.1, -0.05) is 0 Å². The zero-order chi connectivity index (χ0) is 18.3. The molecule has 8 heteroatoms. The molecule has 1 N–H and O–H groups in total. The van der Waals surface area contributed by atoms with Crippen LogP contribution in [-0.2, 0) is 11.3 Å².